The summed E-state index contributed by atoms with van der Waals surface area (Å²) in [6.07, 6.45) is 9.34. The first kappa shape index (κ1) is 13.0. The number of aliphatic hydroxyl groups is 1. The molecule has 1 unspecified atom stereocenters. The van der Waals surface area contributed by atoms with Crippen LogP contribution in [0.4, 0.5) is 0 Å². The topological polar surface area (TPSA) is 29.5 Å². The normalized spacial score (nSPS) is 21.5. The van der Waals surface area contributed by atoms with Crippen molar-refractivity contribution in [1.82, 2.24) is 0 Å². The van der Waals surface area contributed by atoms with E-state index in [0.717, 1.165) is 37.2 Å². The van der Waals surface area contributed by atoms with Crippen molar-refractivity contribution in [1.29, 1.82) is 0 Å². The predicted molar refractivity (Wildman–Crippen MR) is 76.4 cm³/mol. The number of para-hydroxylation sites is 1. The smallest absolute Gasteiger partial charge is 0.128 e. The second kappa shape index (κ2) is 5.96. The highest BCUT2D eigenvalue weighted by atomic mass is 16.5. The van der Waals surface area contributed by atoms with E-state index in [1.165, 1.54) is 37.7 Å². The van der Waals surface area contributed by atoms with Crippen molar-refractivity contribution in [2.75, 3.05) is 6.61 Å². The Balaban J connectivity index is 1.73. The molecule has 1 aliphatic heterocycles. The molecule has 1 heterocycles. The summed E-state index contributed by atoms with van der Waals surface area (Å²) in [6.45, 7) is 0.792. The lowest BCUT2D eigenvalue weighted by Crippen LogP contribution is -2.15. The van der Waals surface area contributed by atoms with E-state index in [-0.39, 0.29) is 6.10 Å². The number of ether oxygens (including phenoxy) is 1. The third kappa shape index (κ3) is 2.94. The van der Waals surface area contributed by atoms with Crippen LogP contribution in [0.25, 0.3) is 0 Å². The highest BCUT2D eigenvalue weighted by molar-refractivity contribution is 5.44. The van der Waals surface area contributed by atoms with Gasteiger partial charge in [0.1, 0.15) is 5.75 Å². The molecule has 19 heavy (non-hydrogen) atoms. The van der Waals surface area contributed by atoms with Crippen molar-refractivity contribution < 1.29 is 9.84 Å². The molecule has 1 aliphatic carbocycles. The minimum Gasteiger partial charge on any atom is -0.493 e. The van der Waals surface area contributed by atoms with Gasteiger partial charge >= 0.3 is 0 Å². The molecule has 3 rings (SSSR count). The largest absolute Gasteiger partial charge is 0.493 e. The molecule has 0 bridgehead atoms. The van der Waals surface area contributed by atoms with Gasteiger partial charge in [0.25, 0.3) is 0 Å². The van der Waals surface area contributed by atoms with Crippen LogP contribution in [0.15, 0.2) is 18.2 Å². The van der Waals surface area contributed by atoms with E-state index in [9.17, 15) is 5.11 Å². The van der Waals surface area contributed by atoms with Crippen LogP contribution >= 0.6 is 0 Å². The van der Waals surface area contributed by atoms with Crippen LogP contribution in [0.5, 0.6) is 5.75 Å². The Kier molecular flexibility index (Phi) is 4.07. The summed E-state index contributed by atoms with van der Waals surface area (Å²) in [5, 5.41) is 10.5. The Labute approximate surface area is 115 Å². The molecule has 0 spiro atoms. The minimum atomic E-state index is -0.351. The summed E-state index contributed by atoms with van der Waals surface area (Å²) in [5.41, 5.74) is 2.29. The van der Waals surface area contributed by atoms with Gasteiger partial charge in [0, 0.05) is 5.56 Å². The third-order valence-electron chi connectivity index (χ3n) is 4.60. The molecule has 2 heteroatoms. The molecule has 1 saturated carbocycles. The van der Waals surface area contributed by atoms with Gasteiger partial charge in [-0.3, -0.25) is 0 Å². The van der Waals surface area contributed by atoms with Crippen molar-refractivity contribution >= 4 is 0 Å². The average molecular weight is 260 g/mol. The molecule has 1 aromatic rings. The Morgan fingerprint density at radius 2 is 2.00 bits per heavy atom. The van der Waals surface area contributed by atoms with Crippen LogP contribution in [0.3, 0.4) is 0 Å². The maximum atomic E-state index is 10.5. The maximum Gasteiger partial charge on any atom is 0.128 e. The van der Waals surface area contributed by atoms with E-state index in [2.05, 4.69) is 12.1 Å². The lowest BCUT2D eigenvalue weighted by molar-refractivity contribution is 0.126. The molecule has 0 aromatic heterocycles. The SMILES string of the molecule is OC(CC1CCCCC1)c1cccc2c1OCCC2. The summed E-state index contributed by atoms with van der Waals surface area (Å²) in [7, 11) is 0. The monoisotopic (exact) mass is 260 g/mol. The lowest BCUT2D eigenvalue weighted by Gasteiger charge is -2.27. The third-order valence-corrected chi connectivity index (χ3v) is 4.60. The molecule has 2 nitrogen and oxygen atoms in total. The zero-order chi connectivity index (χ0) is 13.1. The molecule has 104 valence electrons. The van der Waals surface area contributed by atoms with E-state index in [1.54, 1.807) is 0 Å². The fourth-order valence-corrected chi connectivity index (χ4v) is 3.54. The molecular formula is C17H24O2. The number of rotatable bonds is 3. The standard InChI is InChI=1S/C17H24O2/c18-16(12-13-6-2-1-3-7-13)15-10-4-8-14-9-5-11-19-17(14)15/h4,8,10,13,16,18H,1-3,5-7,9,11-12H2. The first-order chi connectivity index (χ1) is 9.34. The first-order valence-corrected chi connectivity index (χ1v) is 7.77. The van der Waals surface area contributed by atoms with Gasteiger partial charge in [-0.05, 0) is 30.7 Å². The van der Waals surface area contributed by atoms with Gasteiger partial charge in [-0.1, -0.05) is 50.3 Å². The van der Waals surface area contributed by atoms with E-state index in [4.69, 9.17) is 4.74 Å². The second-order valence-corrected chi connectivity index (χ2v) is 6.04. The number of hydrogen-bond acceptors (Lipinski definition) is 2. The van der Waals surface area contributed by atoms with E-state index in [0.29, 0.717) is 5.92 Å². The zero-order valence-electron chi connectivity index (χ0n) is 11.6. The quantitative estimate of drug-likeness (QED) is 0.889. The predicted octanol–water partition coefficient (Wildman–Crippen LogP) is 4.02. The molecule has 1 aromatic carbocycles. The number of hydrogen-bond donors (Lipinski definition) is 1. The van der Waals surface area contributed by atoms with E-state index < -0.39 is 0 Å². The first-order valence-electron chi connectivity index (χ1n) is 7.77. The van der Waals surface area contributed by atoms with Crippen molar-refractivity contribution in [3.05, 3.63) is 29.3 Å². The summed E-state index contributed by atoms with van der Waals surface area (Å²) in [6, 6.07) is 6.23. The number of benzene rings is 1. The highest BCUT2D eigenvalue weighted by Gasteiger charge is 2.23. The van der Waals surface area contributed by atoms with Crippen LogP contribution < -0.4 is 4.74 Å². The number of aryl methyl sites for hydroxylation is 1. The van der Waals surface area contributed by atoms with Crippen molar-refractivity contribution in [2.24, 2.45) is 5.92 Å². The average Bonchev–Trinajstić information content (AvgIpc) is 2.47. The number of fused-ring (bicyclic) bond motifs is 1. The van der Waals surface area contributed by atoms with Crippen molar-refractivity contribution in [2.45, 2.75) is 57.5 Å². The Morgan fingerprint density at radius 1 is 1.16 bits per heavy atom. The summed E-state index contributed by atoms with van der Waals surface area (Å²) >= 11 is 0. The molecule has 0 saturated heterocycles. The van der Waals surface area contributed by atoms with E-state index in [1.807, 2.05) is 6.07 Å². The zero-order valence-corrected chi connectivity index (χ0v) is 11.6. The van der Waals surface area contributed by atoms with Gasteiger partial charge in [0.15, 0.2) is 0 Å². The van der Waals surface area contributed by atoms with Crippen LogP contribution in [0, 0.1) is 5.92 Å². The van der Waals surface area contributed by atoms with Crippen LogP contribution in [-0.4, -0.2) is 11.7 Å². The number of aliphatic hydroxyl groups excluding tert-OH is 1. The van der Waals surface area contributed by atoms with E-state index >= 15 is 0 Å². The molecule has 0 amide bonds. The Hall–Kier alpha value is -1.02. The highest BCUT2D eigenvalue weighted by Crippen LogP contribution is 2.37. The summed E-state index contributed by atoms with van der Waals surface area (Å²) in [4.78, 5) is 0. The Bertz CT molecular complexity index is 421. The fourth-order valence-electron chi connectivity index (χ4n) is 3.54. The molecule has 0 radical (unpaired) electrons. The second-order valence-electron chi connectivity index (χ2n) is 6.04. The van der Waals surface area contributed by atoms with Crippen LogP contribution in [0.2, 0.25) is 0 Å². The minimum absolute atomic E-state index is 0.351. The van der Waals surface area contributed by atoms with Crippen molar-refractivity contribution in [3.63, 3.8) is 0 Å². The lowest BCUT2D eigenvalue weighted by atomic mass is 9.83. The van der Waals surface area contributed by atoms with Crippen LogP contribution in [-0.2, 0) is 6.42 Å². The molecular weight excluding hydrogens is 236 g/mol. The van der Waals surface area contributed by atoms with Gasteiger partial charge in [-0.15, -0.1) is 0 Å². The molecule has 1 N–H and O–H groups in total. The Morgan fingerprint density at radius 3 is 2.84 bits per heavy atom. The summed E-state index contributed by atoms with van der Waals surface area (Å²) in [5.74, 6) is 1.67. The van der Waals surface area contributed by atoms with Crippen LogP contribution in [0.1, 0.15) is 62.2 Å². The van der Waals surface area contributed by atoms with Gasteiger partial charge in [0.2, 0.25) is 0 Å². The fraction of sp³-hybridized carbons (Fsp3) is 0.647. The molecule has 2 aliphatic rings. The van der Waals surface area contributed by atoms with Gasteiger partial charge in [-0.25, -0.2) is 0 Å². The van der Waals surface area contributed by atoms with Gasteiger partial charge < -0.3 is 9.84 Å². The summed E-state index contributed by atoms with van der Waals surface area (Å²) < 4.78 is 5.80. The molecule has 1 fully saturated rings. The molecule has 1 atom stereocenters. The van der Waals surface area contributed by atoms with Gasteiger partial charge in [-0.2, -0.15) is 0 Å². The maximum absolute atomic E-state index is 10.5. The van der Waals surface area contributed by atoms with Gasteiger partial charge in [0.05, 0.1) is 12.7 Å². The van der Waals surface area contributed by atoms with Crippen molar-refractivity contribution in [3.8, 4) is 5.75 Å².